The molecule has 3 aromatic rings. The van der Waals surface area contributed by atoms with Crippen molar-refractivity contribution in [2.75, 3.05) is 0 Å². The minimum Gasteiger partial charge on any atom is -0.489 e. The summed E-state index contributed by atoms with van der Waals surface area (Å²) in [7, 11) is 0. The maximum atomic E-state index is 12.5. The van der Waals surface area contributed by atoms with Crippen molar-refractivity contribution in [2.24, 2.45) is 0 Å². The van der Waals surface area contributed by atoms with Crippen LogP contribution in [0, 0.1) is 0 Å². The largest absolute Gasteiger partial charge is 0.489 e. The second kappa shape index (κ2) is 7.06. The molecule has 0 unspecified atom stereocenters. The van der Waals surface area contributed by atoms with E-state index in [2.05, 4.69) is 0 Å². The van der Waals surface area contributed by atoms with Crippen LogP contribution in [-0.4, -0.2) is 5.78 Å². The quantitative estimate of drug-likeness (QED) is 0.572. The zero-order valence-corrected chi connectivity index (χ0v) is 14.6. The first-order valence-electron chi connectivity index (χ1n) is 8.20. The van der Waals surface area contributed by atoms with Crippen molar-refractivity contribution >= 4 is 23.5 Å². The van der Waals surface area contributed by atoms with E-state index in [1.165, 1.54) is 0 Å². The summed E-state index contributed by atoms with van der Waals surface area (Å²) in [5.74, 6) is 1.37. The summed E-state index contributed by atoms with van der Waals surface area (Å²) in [4.78, 5) is 12.5. The molecule has 26 heavy (non-hydrogen) atoms. The monoisotopic (exact) mass is 362 g/mol. The Morgan fingerprint density at radius 3 is 2.50 bits per heavy atom. The van der Waals surface area contributed by atoms with E-state index in [0.29, 0.717) is 34.5 Å². The number of carbonyl (C=O) groups is 1. The summed E-state index contributed by atoms with van der Waals surface area (Å²) in [6, 6.07) is 22.4. The Balaban J connectivity index is 1.50. The fourth-order valence-electron chi connectivity index (χ4n) is 2.70. The minimum absolute atomic E-state index is 0.117. The van der Waals surface area contributed by atoms with E-state index >= 15 is 0 Å². The van der Waals surface area contributed by atoms with Crippen LogP contribution in [-0.2, 0) is 6.61 Å². The van der Waals surface area contributed by atoms with E-state index < -0.39 is 0 Å². The van der Waals surface area contributed by atoms with Gasteiger partial charge in [-0.25, -0.2) is 0 Å². The predicted molar refractivity (Wildman–Crippen MR) is 102 cm³/mol. The topological polar surface area (TPSA) is 35.5 Å². The molecular formula is C22H15ClO3. The van der Waals surface area contributed by atoms with Gasteiger partial charge in [0.05, 0.1) is 5.56 Å². The number of hydrogen-bond acceptors (Lipinski definition) is 3. The maximum Gasteiger partial charge on any atom is 0.231 e. The first-order chi connectivity index (χ1) is 12.7. The number of ketones is 1. The molecule has 0 bridgehead atoms. The third kappa shape index (κ3) is 3.48. The number of carbonyl (C=O) groups excluding carboxylic acids is 1. The molecule has 4 rings (SSSR count). The first kappa shape index (κ1) is 16.4. The Labute approximate surface area is 156 Å². The van der Waals surface area contributed by atoms with Crippen LogP contribution in [0.3, 0.4) is 0 Å². The lowest BCUT2D eigenvalue weighted by Crippen LogP contribution is -1.97. The highest BCUT2D eigenvalue weighted by molar-refractivity contribution is 6.30. The van der Waals surface area contributed by atoms with E-state index in [1.807, 2.05) is 54.6 Å². The predicted octanol–water partition coefficient (Wildman–Crippen LogP) is 5.54. The van der Waals surface area contributed by atoms with Gasteiger partial charge in [-0.1, -0.05) is 54.1 Å². The van der Waals surface area contributed by atoms with Gasteiger partial charge in [-0.15, -0.1) is 0 Å². The molecule has 1 heterocycles. The second-order valence-electron chi connectivity index (χ2n) is 5.92. The molecule has 0 aromatic heterocycles. The van der Waals surface area contributed by atoms with E-state index in [9.17, 15) is 4.79 Å². The van der Waals surface area contributed by atoms with Gasteiger partial charge in [0.2, 0.25) is 5.78 Å². The van der Waals surface area contributed by atoms with E-state index in [0.717, 1.165) is 11.1 Å². The Kier molecular flexibility index (Phi) is 4.46. The van der Waals surface area contributed by atoms with Gasteiger partial charge in [-0.3, -0.25) is 4.79 Å². The molecule has 0 atom stereocenters. The first-order valence-corrected chi connectivity index (χ1v) is 8.57. The van der Waals surface area contributed by atoms with Crippen LogP contribution in [0.5, 0.6) is 11.5 Å². The minimum atomic E-state index is -0.117. The third-order valence-electron chi connectivity index (χ3n) is 4.06. The van der Waals surface area contributed by atoms with Crippen molar-refractivity contribution in [3.63, 3.8) is 0 Å². The number of halogens is 1. The van der Waals surface area contributed by atoms with Gasteiger partial charge < -0.3 is 9.47 Å². The summed E-state index contributed by atoms with van der Waals surface area (Å²) in [6.45, 7) is 0.413. The van der Waals surface area contributed by atoms with Crippen molar-refractivity contribution < 1.29 is 14.3 Å². The normalized spacial score (nSPS) is 14.2. The molecule has 0 N–H and O–H groups in total. The van der Waals surface area contributed by atoms with Crippen molar-refractivity contribution in [1.29, 1.82) is 0 Å². The van der Waals surface area contributed by atoms with Gasteiger partial charge in [0, 0.05) is 11.1 Å². The van der Waals surface area contributed by atoms with Crippen LogP contribution >= 0.6 is 11.6 Å². The highest BCUT2D eigenvalue weighted by atomic mass is 35.5. The van der Waals surface area contributed by atoms with Crippen LogP contribution in [0.2, 0.25) is 5.02 Å². The number of Topliss-reactive ketones (excluding diaryl/α,β-unsaturated/α-hetero) is 1. The fraction of sp³-hybridized carbons (Fsp3) is 0.0455. The molecular weight excluding hydrogens is 348 g/mol. The maximum absolute atomic E-state index is 12.5. The summed E-state index contributed by atoms with van der Waals surface area (Å²) in [5.41, 5.74) is 2.48. The number of ether oxygens (including phenoxy) is 2. The zero-order chi connectivity index (χ0) is 17.9. The summed E-state index contributed by atoms with van der Waals surface area (Å²) in [5, 5.41) is 0.691. The van der Waals surface area contributed by atoms with Gasteiger partial charge in [-0.2, -0.15) is 0 Å². The van der Waals surface area contributed by atoms with E-state index in [4.69, 9.17) is 21.1 Å². The lowest BCUT2D eigenvalue weighted by atomic mass is 10.1. The summed E-state index contributed by atoms with van der Waals surface area (Å²) >= 11 is 5.88. The summed E-state index contributed by atoms with van der Waals surface area (Å²) < 4.78 is 11.5. The molecule has 3 aromatic carbocycles. The van der Waals surface area contributed by atoms with Gasteiger partial charge in [0.15, 0.2) is 5.76 Å². The molecule has 128 valence electrons. The Hall–Kier alpha value is -3.04. The molecule has 1 aliphatic heterocycles. The SMILES string of the molecule is O=C1C(=Cc2ccccc2)Oc2cc(OCc3ccc(Cl)cc3)ccc21. The Morgan fingerprint density at radius 1 is 0.962 bits per heavy atom. The van der Waals surface area contributed by atoms with Gasteiger partial charge in [0.25, 0.3) is 0 Å². The van der Waals surface area contributed by atoms with Gasteiger partial charge >= 0.3 is 0 Å². The number of allylic oxidation sites excluding steroid dienone is 1. The molecule has 0 aliphatic carbocycles. The fourth-order valence-corrected chi connectivity index (χ4v) is 2.83. The molecule has 0 spiro atoms. The second-order valence-corrected chi connectivity index (χ2v) is 6.36. The highest BCUT2D eigenvalue weighted by Crippen LogP contribution is 2.35. The Morgan fingerprint density at radius 2 is 1.73 bits per heavy atom. The summed E-state index contributed by atoms with van der Waals surface area (Å²) in [6.07, 6.45) is 1.75. The standard InChI is InChI=1S/C22H15ClO3/c23-17-8-6-16(7-9-17)14-25-18-10-11-19-20(13-18)26-21(22(19)24)12-15-4-2-1-3-5-15/h1-13H,14H2. The Bertz CT molecular complexity index is 976. The van der Waals surface area contributed by atoms with Gasteiger partial charge in [-0.05, 0) is 41.5 Å². The smallest absolute Gasteiger partial charge is 0.231 e. The molecule has 1 aliphatic rings. The van der Waals surface area contributed by atoms with Crippen molar-refractivity contribution in [2.45, 2.75) is 6.61 Å². The lowest BCUT2D eigenvalue weighted by molar-refractivity contribution is 0.101. The number of rotatable bonds is 4. The number of hydrogen-bond donors (Lipinski definition) is 0. The number of benzene rings is 3. The molecule has 3 nitrogen and oxygen atoms in total. The van der Waals surface area contributed by atoms with Crippen LogP contribution in [0.1, 0.15) is 21.5 Å². The van der Waals surface area contributed by atoms with Gasteiger partial charge in [0.1, 0.15) is 18.1 Å². The van der Waals surface area contributed by atoms with Crippen LogP contribution < -0.4 is 9.47 Å². The molecule has 0 radical (unpaired) electrons. The molecule has 0 saturated heterocycles. The van der Waals surface area contributed by atoms with Crippen LogP contribution in [0.25, 0.3) is 6.08 Å². The van der Waals surface area contributed by atoms with Crippen molar-refractivity contribution in [1.82, 2.24) is 0 Å². The molecule has 0 saturated carbocycles. The molecule has 0 fully saturated rings. The molecule has 4 heteroatoms. The van der Waals surface area contributed by atoms with E-state index in [1.54, 1.807) is 24.3 Å². The van der Waals surface area contributed by atoms with Crippen LogP contribution in [0.4, 0.5) is 0 Å². The average Bonchev–Trinajstić information content (AvgIpc) is 2.97. The van der Waals surface area contributed by atoms with Crippen molar-refractivity contribution in [3.8, 4) is 11.5 Å². The zero-order valence-electron chi connectivity index (χ0n) is 13.8. The van der Waals surface area contributed by atoms with Crippen LogP contribution in [0.15, 0.2) is 78.6 Å². The molecule has 0 amide bonds. The van der Waals surface area contributed by atoms with Crippen molar-refractivity contribution in [3.05, 3.63) is 100 Å². The third-order valence-corrected chi connectivity index (χ3v) is 4.31. The average molecular weight is 363 g/mol. The lowest BCUT2D eigenvalue weighted by Gasteiger charge is -2.07. The number of fused-ring (bicyclic) bond motifs is 1. The van der Waals surface area contributed by atoms with E-state index in [-0.39, 0.29) is 5.78 Å². The highest BCUT2D eigenvalue weighted by Gasteiger charge is 2.27.